The van der Waals surface area contributed by atoms with Crippen molar-refractivity contribution in [2.45, 2.75) is 96.1 Å². The summed E-state index contributed by atoms with van der Waals surface area (Å²) >= 11 is 0. The molecule has 0 aromatic carbocycles. The Morgan fingerprint density at radius 1 is 0.703 bits per heavy atom. The number of esters is 6. The van der Waals surface area contributed by atoms with Crippen molar-refractivity contribution in [3.63, 3.8) is 0 Å². The number of carbonyl (C=O) groups excluding carboxylic acids is 6. The minimum atomic E-state index is -1.68. The molecule has 13 nitrogen and oxygen atoms in total. The van der Waals surface area contributed by atoms with Gasteiger partial charge in [-0.05, 0) is 0 Å². The Morgan fingerprint density at radius 3 is 1.73 bits per heavy atom. The van der Waals surface area contributed by atoms with Crippen LogP contribution in [-0.2, 0) is 61.9 Å². The molecular weight excluding hydrogens is 496 g/mol. The molecule has 0 radical (unpaired) electrons. The molecule has 1 saturated heterocycles. The summed E-state index contributed by atoms with van der Waals surface area (Å²) in [4.78, 5) is 72.7. The van der Waals surface area contributed by atoms with Gasteiger partial charge in [0, 0.05) is 44.3 Å². The number of methoxy groups -OCH3 is 1. The lowest BCUT2D eigenvalue weighted by atomic mass is 9.95. The zero-order valence-electron chi connectivity index (χ0n) is 21.4. The van der Waals surface area contributed by atoms with Crippen molar-refractivity contribution in [1.29, 1.82) is 0 Å². The number of hydrogen-bond acceptors (Lipinski definition) is 13. The van der Waals surface area contributed by atoms with Gasteiger partial charge in [-0.1, -0.05) is 27.7 Å². The summed E-state index contributed by atoms with van der Waals surface area (Å²) in [6, 6.07) is 0. The normalized spacial score (nSPS) is 28.2. The Morgan fingerprint density at radius 2 is 1.19 bits per heavy atom. The average Bonchev–Trinajstić information content (AvgIpc) is 3.57. The highest BCUT2D eigenvalue weighted by atomic mass is 16.8. The Bertz CT molecular complexity index is 926. The number of hydrogen-bond donors (Lipinski definition) is 0. The molecular formula is C24H32O13. The van der Waals surface area contributed by atoms with Crippen LogP contribution in [0.2, 0.25) is 0 Å². The summed E-state index contributed by atoms with van der Waals surface area (Å²) in [5.74, 6) is -4.64. The first kappa shape index (κ1) is 29.7. The third-order valence-electron chi connectivity index (χ3n) is 5.61. The fourth-order valence-electron chi connectivity index (χ4n) is 3.56. The predicted octanol–water partition coefficient (Wildman–Crippen LogP) is 1.04. The summed E-state index contributed by atoms with van der Waals surface area (Å²) in [5, 5.41) is 0. The molecule has 206 valence electrons. The van der Waals surface area contributed by atoms with E-state index in [1.165, 1.54) is 13.8 Å². The molecule has 2 rings (SSSR count). The third kappa shape index (κ3) is 7.51. The minimum Gasteiger partial charge on any atom is -0.466 e. The van der Waals surface area contributed by atoms with Gasteiger partial charge >= 0.3 is 35.8 Å². The van der Waals surface area contributed by atoms with Gasteiger partial charge in [-0.25, -0.2) is 9.59 Å². The van der Waals surface area contributed by atoms with E-state index in [9.17, 15) is 28.8 Å². The molecule has 0 amide bonds. The first-order valence-corrected chi connectivity index (χ1v) is 12.0. The molecule has 2 unspecified atom stereocenters. The van der Waals surface area contributed by atoms with E-state index in [1.54, 1.807) is 13.8 Å². The summed E-state index contributed by atoms with van der Waals surface area (Å²) in [5.41, 5.74) is -1.56. The summed E-state index contributed by atoms with van der Waals surface area (Å²) < 4.78 is 37.7. The van der Waals surface area contributed by atoms with E-state index >= 15 is 0 Å². The fourth-order valence-corrected chi connectivity index (χ4v) is 3.56. The molecule has 0 bridgehead atoms. The second-order valence-corrected chi connectivity index (χ2v) is 8.15. The van der Waals surface area contributed by atoms with Crippen LogP contribution in [-0.4, -0.2) is 79.2 Å². The van der Waals surface area contributed by atoms with E-state index in [-0.39, 0.29) is 32.1 Å². The average molecular weight is 529 g/mol. The lowest BCUT2D eigenvalue weighted by Gasteiger charge is -2.44. The Labute approximate surface area is 213 Å². The van der Waals surface area contributed by atoms with Gasteiger partial charge in [0.15, 0.2) is 17.8 Å². The van der Waals surface area contributed by atoms with Crippen LogP contribution in [0.15, 0.2) is 12.2 Å². The molecule has 2 fully saturated rings. The van der Waals surface area contributed by atoms with Crippen molar-refractivity contribution < 1.29 is 61.9 Å². The molecule has 1 saturated carbocycles. The lowest BCUT2D eigenvalue weighted by molar-refractivity contribution is -0.309. The van der Waals surface area contributed by atoms with Crippen LogP contribution in [0.4, 0.5) is 0 Å². The molecule has 1 aliphatic carbocycles. The SMILES string of the molecule is CCC(=O)OC1CC12O[C@@H](OC(=O)/C=C/C(=O)OC)[C@H](OC(=O)CC)[C@@H](OC(=O)CC)[C@@H]2OC(=O)CC. The summed E-state index contributed by atoms with van der Waals surface area (Å²) in [6.07, 6.45) is -5.58. The minimum absolute atomic E-state index is 0.0150. The van der Waals surface area contributed by atoms with Crippen LogP contribution in [0.1, 0.15) is 59.8 Å². The maximum absolute atomic E-state index is 12.4. The number of rotatable bonds is 11. The largest absolute Gasteiger partial charge is 0.466 e. The van der Waals surface area contributed by atoms with Crippen LogP contribution in [0.25, 0.3) is 0 Å². The second-order valence-electron chi connectivity index (χ2n) is 8.15. The van der Waals surface area contributed by atoms with E-state index in [2.05, 4.69) is 4.74 Å². The third-order valence-corrected chi connectivity index (χ3v) is 5.61. The van der Waals surface area contributed by atoms with Gasteiger partial charge in [-0.3, -0.25) is 19.2 Å². The van der Waals surface area contributed by atoms with Crippen LogP contribution >= 0.6 is 0 Å². The van der Waals surface area contributed by atoms with Crippen molar-refractivity contribution in [1.82, 2.24) is 0 Å². The van der Waals surface area contributed by atoms with Crippen molar-refractivity contribution >= 4 is 35.8 Å². The predicted molar refractivity (Wildman–Crippen MR) is 120 cm³/mol. The monoisotopic (exact) mass is 528 g/mol. The van der Waals surface area contributed by atoms with E-state index in [4.69, 9.17) is 28.4 Å². The molecule has 37 heavy (non-hydrogen) atoms. The lowest BCUT2D eigenvalue weighted by Crippen LogP contribution is -2.64. The molecule has 1 aliphatic heterocycles. The number of carbonyl (C=O) groups is 6. The first-order chi connectivity index (χ1) is 17.5. The maximum Gasteiger partial charge on any atom is 0.333 e. The van der Waals surface area contributed by atoms with Crippen molar-refractivity contribution in [2.75, 3.05) is 7.11 Å². The molecule has 0 aromatic rings. The van der Waals surface area contributed by atoms with Gasteiger partial charge in [-0.2, -0.15) is 0 Å². The molecule has 6 atom stereocenters. The van der Waals surface area contributed by atoms with Gasteiger partial charge in [0.1, 0.15) is 6.10 Å². The summed E-state index contributed by atoms with van der Waals surface area (Å²) in [6.45, 7) is 6.16. The zero-order valence-corrected chi connectivity index (χ0v) is 21.4. The highest BCUT2D eigenvalue weighted by Gasteiger charge is 2.74. The number of ether oxygens (including phenoxy) is 7. The Hall–Kier alpha value is -3.48. The van der Waals surface area contributed by atoms with E-state index in [0.717, 1.165) is 19.3 Å². The van der Waals surface area contributed by atoms with Crippen molar-refractivity contribution in [3.05, 3.63) is 12.2 Å². The van der Waals surface area contributed by atoms with Crippen LogP contribution < -0.4 is 0 Å². The molecule has 1 heterocycles. The topological polar surface area (TPSA) is 167 Å². The molecule has 13 heteroatoms. The van der Waals surface area contributed by atoms with E-state index in [1.807, 2.05) is 0 Å². The first-order valence-electron chi connectivity index (χ1n) is 12.0. The smallest absolute Gasteiger partial charge is 0.333 e. The highest BCUT2D eigenvalue weighted by Crippen LogP contribution is 2.53. The van der Waals surface area contributed by atoms with Gasteiger partial charge < -0.3 is 33.2 Å². The van der Waals surface area contributed by atoms with E-state index < -0.39 is 72.1 Å². The fraction of sp³-hybridized carbons (Fsp3) is 0.667. The molecule has 0 aromatic heterocycles. The van der Waals surface area contributed by atoms with Crippen molar-refractivity contribution in [2.24, 2.45) is 0 Å². The van der Waals surface area contributed by atoms with Crippen LogP contribution in [0, 0.1) is 0 Å². The van der Waals surface area contributed by atoms with Gasteiger partial charge in [0.05, 0.1) is 7.11 Å². The Kier molecular flexibility index (Phi) is 10.6. The highest BCUT2D eigenvalue weighted by molar-refractivity contribution is 5.91. The Balaban J connectivity index is 2.52. The molecule has 0 N–H and O–H groups in total. The standard InChI is InChI=1S/C24H32O13/c1-6-14(25)32-13-12-24(13)22(35-17(28)9-4)20(33-15(26)7-2)21(34-16(27)8-3)23(37-24)36-19(30)11-10-18(29)31-5/h10-11,13,20-23H,6-9,12H2,1-5H3/b11-10+/t13?,20-,21-,22+,23-,24?/m1/s1. The van der Waals surface area contributed by atoms with Crippen LogP contribution in [0.3, 0.4) is 0 Å². The van der Waals surface area contributed by atoms with Crippen LogP contribution in [0.5, 0.6) is 0 Å². The maximum atomic E-state index is 12.4. The van der Waals surface area contributed by atoms with Gasteiger partial charge in [0.25, 0.3) is 0 Å². The summed E-state index contributed by atoms with van der Waals surface area (Å²) in [7, 11) is 1.11. The second kappa shape index (κ2) is 13.2. The quantitative estimate of drug-likeness (QED) is 0.212. The zero-order chi connectivity index (χ0) is 27.8. The van der Waals surface area contributed by atoms with E-state index in [0.29, 0.717) is 0 Å². The molecule has 1 spiro atoms. The molecule has 2 aliphatic rings. The van der Waals surface area contributed by atoms with Gasteiger partial charge in [0.2, 0.25) is 12.4 Å². The van der Waals surface area contributed by atoms with Crippen molar-refractivity contribution in [3.8, 4) is 0 Å². The van der Waals surface area contributed by atoms with Gasteiger partial charge in [-0.15, -0.1) is 0 Å².